The predicted molar refractivity (Wildman–Crippen MR) is 85.8 cm³/mol. The summed E-state index contributed by atoms with van der Waals surface area (Å²) in [6, 6.07) is 6.16. The van der Waals surface area contributed by atoms with Crippen molar-refractivity contribution in [2.45, 2.75) is 56.0 Å². The second-order valence-electron chi connectivity index (χ2n) is 6.16. The molecule has 0 heterocycles. The molecule has 0 aliphatic heterocycles. The van der Waals surface area contributed by atoms with E-state index >= 15 is 0 Å². The standard InChI is InChI=1S/C16H22ClNO.ClH/c17-13-4-3-12-5-8-16(19)7-2-1-6-15(16,9-10-18)14(12)11-13;/h3-4,11,19H,1-2,5-10,18H2;1H/t15-,16+;/m0./s1. The van der Waals surface area contributed by atoms with Gasteiger partial charge in [0.1, 0.15) is 0 Å². The first kappa shape index (κ1) is 16.1. The van der Waals surface area contributed by atoms with Crippen LogP contribution < -0.4 is 5.73 Å². The fourth-order valence-electron chi connectivity index (χ4n) is 4.36. The van der Waals surface area contributed by atoms with Crippen LogP contribution in [0.15, 0.2) is 18.2 Å². The molecular formula is C16H23Cl2NO. The van der Waals surface area contributed by atoms with Crippen molar-refractivity contribution in [3.63, 3.8) is 0 Å². The van der Waals surface area contributed by atoms with E-state index in [9.17, 15) is 5.11 Å². The summed E-state index contributed by atoms with van der Waals surface area (Å²) >= 11 is 6.20. The van der Waals surface area contributed by atoms with Crippen molar-refractivity contribution in [3.8, 4) is 0 Å². The Kier molecular flexibility index (Phi) is 4.70. The van der Waals surface area contributed by atoms with Crippen LogP contribution in [0.1, 0.15) is 49.7 Å². The molecule has 2 aliphatic rings. The molecule has 1 aromatic rings. The summed E-state index contributed by atoms with van der Waals surface area (Å²) < 4.78 is 0. The number of aliphatic hydroxyl groups is 1. The number of hydrogen-bond acceptors (Lipinski definition) is 2. The molecule has 112 valence electrons. The van der Waals surface area contributed by atoms with Gasteiger partial charge in [0.05, 0.1) is 5.60 Å². The van der Waals surface area contributed by atoms with Crippen molar-refractivity contribution in [2.24, 2.45) is 5.73 Å². The SMILES string of the molecule is Cl.NCC[C@]12CCCC[C@@]1(O)CCc1ccc(Cl)cc12. The normalized spacial score (nSPS) is 31.9. The lowest BCUT2D eigenvalue weighted by atomic mass is 9.53. The first-order valence-electron chi connectivity index (χ1n) is 7.33. The highest BCUT2D eigenvalue weighted by molar-refractivity contribution is 6.30. The molecule has 4 heteroatoms. The van der Waals surface area contributed by atoms with Gasteiger partial charge in [0.25, 0.3) is 0 Å². The molecule has 1 aromatic carbocycles. The number of nitrogens with two attached hydrogens (primary N) is 1. The third-order valence-corrected chi connectivity index (χ3v) is 5.54. The van der Waals surface area contributed by atoms with Crippen LogP contribution in [-0.4, -0.2) is 17.3 Å². The maximum absolute atomic E-state index is 11.2. The zero-order valence-electron chi connectivity index (χ0n) is 11.7. The van der Waals surface area contributed by atoms with Gasteiger partial charge in [-0.05, 0) is 61.9 Å². The predicted octanol–water partition coefficient (Wildman–Crippen LogP) is 3.60. The van der Waals surface area contributed by atoms with Crippen LogP contribution in [0.2, 0.25) is 5.02 Å². The number of benzene rings is 1. The fraction of sp³-hybridized carbons (Fsp3) is 0.625. The fourth-order valence-corrected chi connectivity index (χ4v) is 4.53. The molecule has 3 rings (SSSR count). The second kappa shape index (κ2) is 5.84. The van der Waals surface area contributed by atoms with Crippen LogP contribution in [0, 0.1) is 0 Å². The largest absolute Gasteiger partial charge is 0.389 e. The van der Waals surface area contributed by atoms with Crippen molar-refractivity contribution in [2.75, 3.05) is 6.54 Å². The topological polar surface area (TPSA) is 46.2 Å². The van der Waals surface area contributed by atoms with Crippen molar-refractivity contribution in [1.82, 2.24) is 0 Å². The van der Waals surface area contributed by atoms with E-state index in [1.165, 1.54) is 17.5 Å². The van der Waals surface area contributed by atoms with Crippen LogP contribution >= 0.6 is 24.0 Å². The number of halogens is 2. The highest BCUT2D eigenvalue weighted by Crippen LogP contribution is 2.54. The van der Waals surface area contributed by atoms with Gasteiger partial charge < -0.3 is 10.8 Å². The average Bonchev–Trinajstić information content (AvgIpc) is 2.40. The van der Waals surface area contributed by atoms with Gasteiger partial charge in [-0.1, -0.05) is 30.5 Å². The molecule has 0 radical (unpaired) electrons. The molecular weight excluding hydrogens is 293 g/mol. The summed E-state index contributed by atoms with van der Waals surface area (Å²) in [5.74, 6) is 0. The van der Waals surface area contributed by atoms with E-state index in [1.54, 1.807) is 0 Å². The summed E-state index contributed by atoms with van der Waals surface area (Å²) in [5, 5.41) is 12.0. The van der Waals surface area contributed by atoms with Crippen molar-refractivity contribution < 1.29 is 5.11 Å². The molecule has 3 N–H and O–H groups in total. The Balaban J connectivity index is 0.00000147. The molecule has 0 aromatic heterocycles. The zero-order valence-corrected chi connectivity index (χ0v) is 13.3. The maximum Gasteiger partial charge on any atom is 0.0747 e. The first-order chi connectivity index (χ1) is 9.11. The average molecular weight is 316 g/mol. The smallest absolute Gasteiger partial charge is 0.0747 e. The van der Waals surface area contributed by atoms with E-state index in [2.05, 4.69) is 12.1 Å². The van der Waals surface area contributed by atoms with Gasteiger partial charge in [0.15, 0.2) is 0 Å². The van der Waals surface area contributed by atoms with E-state index in [1.807, 2.05) is 6.07 Å². The van der Waals surface area contributed by atoms with Crippen molar-refractivity contribution in [1.29, 1.82) is 0 Å². The Morgan fingerprint density at radius 1 is 1.20 bits per heavy atom. The zero-order chi connectivity index (χ0) is 13.5. The minimum atomic E-state index is -0.581. The van der Waals surface area contributed by atoms with Crippen LogP contribution in [0.4, 0.5) is 0 Å². The van der Waals surface area contributed by atoms with Gasteiger partial charge in [-0.25, -0.2) is 0 Å². The van der Waals surface area contributed by atoms with E-state index in [4.69, 9.17) is 17.3 Å². The minimum Gasteiger partial charge on any atom is -0.389 e. The van der Waals surface area contributed by atoms with E-state index in [0.29, 0.717) is 6.54 Å². The summed E-state index contributed by atoms with van der Waals surface area (Å²) in [4.78, 5) is 0. The Morgan fingerprint density at radius 2 is 1.95 bits per heavy atom. The van der Waals surface area contributed by atoms with Crippen LogP contribution in [-0.2, 0) is 11.8 Å². The monoisotopic (exact) mass is 315 g/mol. The van der Waals surface area contributed by atoms with Gasteiger partial charge in [0, 0.05) is 10.4 Å². The molecule has 0 amide bonds. The van der Waals surface area contributed by atoms with Gasteiger partial charge in [-0.2, -0.15) is 0 Å². The summed E-state index contributed by atoms with van der Waals surface area (Å²) in [5.41, 5.74) is 7.74. The lowest BCUT2D eigenvalue weighted by molar-refractivity contribution is -0.0862. The van der Waals surface area contributed by atoms with Gasteiger partial charge in [-0.3, -0.25) is 0 Å². The molecule has 1 saturated carbocycles. The number of rotatable bonds is 2. The Labute approximate surface area is 132 Å². The number of fused-ring (bicyclic) bond motifs is 3. The third kappa shape index (κ3) is 2.27. The number of hydrogen-bond donors (Lipinski definition) is 2. The summed E-state index contributed by atoms with van der Waals surface area (Å²) in [6.45, 7) is 0.619. The Bertz CT molecular complexity index is 489. The highest BCUT2D eigenvalue weighted by atomic mass is 35.5. The Hall–Kier alpha value is -0.280. The summed E-state index contributed by atoms with van der Waals surface area (Å²) in [6.07, 6.45) is 6.91. The maximum atomic E-state index is 11.2. The lowest BCUT2D eigenvalue weighted by Gasteiger charge is -2.54. The molecule has 0 unspecified atom stereocenters. The van der Waals surface area contributed by atoms with Crippen LogP contribution in [0.3, 0.4) is 0 Å². The molecule has 0 spiro atoms. The van der Waals surface area contributed by atoms with Crippen molar-refractivity contribution >= 4 is 24.0 Å². The van der Waals surface area contributed by atoms with E-state index in [-0.39, 0.29) is 17.8 Å². The number of aryl methyl sites for hydroxylation is 1. The highest BCUT2D eigenvalue weighted by Gasteiger charge is 2.54. The molecule has 0 saturated heterocycles. The molecule has 2 atom stereocenters. The molecule has 20 heavy (non-hydrogen) atoms. The van der Waals surface area contributed by atoms with Gasteiger partial charge in [0.2, 0.25) is 0 Å². The molecule has 2 nitrogen and oxygen atoms in total. The van der Waals surface area contributed by atoms with Crippen LogP contribution in [0.25, 0.3) is 0 Å². The minimum absolute atomic E-state index is 0. The molecule has 1 fully saturated rings. The van der Waals surface area contributed by atoms with Gasteiger partial charge in [-0.15, -0.1) is 12.4 Å². The lowest BCUT2D eigenvalue weighted by Crippen LogP contribution is -2.57. The second-order valence-corrected chi connectivity index (χ2v) is 6.60. The quantitative estimate of drug-likeness (QED) is 0.876. The molecule has 2 aliphatic carbocycles. The molecule has 0 bridgehead atoms. The summed E-state index contributed by atoms with van der Waals surface area (Å²) in [7, 11) is 0. The van der Waals surface area contributed by atoms with Crippen LogP contribution in [0.5, 0.6) is 0 Å². The first-order valence-corrected chi connectivity index (χ1v) is 7.70. The van der Waals surface area contributed by atoms with Crippen molar-refractivity contribution in [3.05, 3.63) is 34.3 Å². The third-order valence-electron chi connectivity index (χ3n) is 5.30. The van der Waals surface area contributed by atoms with E-state index < -0.39 is 5.60 Å². The Morgan fingerprint density at radius 3 is 2.70 bits per heavy atom. The van der Waals surface area contributed by atoms with Gasteiger partial charge >= 0.3 is 0 Å². The van der Waals surface area contributed by atoms with E-state index in [0.717, 1.165) is 43.5 Å².